The van der Waals surface area contributed by atoms with Gasteiger partial charge < -0.3 is 10.1 Å². The van der Waals surface area contributed by atoms with Crippen molar-refractivity contribution in [2.45, 2.75) is 16.3 Å². The number of methoxy groups -OCH3 is 1. The van der Waals surface area contributed by atoms with E-state index >= 15 is 0 Å². The second kappa shape index (κ2) is 6.85. The van der Waals surface area contributed by atoms with Gasteiger partial charge in [0.25, 0.3) is 0 Å². The molecule has 2 nitrogen and oxygen atoms in total. The van der Waals surface area contributed by atoms with Crippen molar-refractivity contribution in [2.75, 3.05) is 14.2 Å². The summed E-state index contributed by atoms with van der Waals surface area (Å²) in [5, 5.41) is 3.92. The molecule has 0 aliphatic carbocycles. The number of ether oxygens (including phenoxy) is 1. The minimum Gasteiger partial charge on any atom is -0.496 e. The molecule has 2 aromatic carbocycles. The highest BCUT2D eigenvalue weighted by Crippen LogP contribution is 2.37. The van der Waals surface area contributed by atoms with E-state index in [0.29, 0.717) is 0 Å². The van der Waals surface area contributed by atoms with Crippen LogP contribution in [0.15, 0.2) is 52.3 Å². The highest BCUT2D eigenvalue weighted by Gasteiger charge is 2.08. The second-order valence-electron chi connectivity index (χ2n) is 4.04. The molecule has 0 aromatic heterocycles. The average molecular weight is 294 g/mol. The van der Waals surface area contributed by atoms with Gasteiger partial charge in [-0.15, -0.1) is 0 Å². The Hall–Kier alpha value is -1.16. The van der Waals surface area contributed by atoms with Crippen LogP contribution in [0.4, 0.5) is 0 Å². The van der Waals surface area contributed by atoms with Gasteiger partial charge in [0.1, 0.15) is 5.75 Å². The van der Waals surface area contributed by atoms with E-state index in [1.54, 1.807) is 18.9 Å². The van der Waals surface area contributed by atoms with E-state index in [9.17, 15) is 0 Å². The van der Waals surface area contributed by atoms with Gasteiger partial charge in [0.2, 0.25) is 0 Å². The molecule has 0 amide bonds. The van der Waals surface area contributed by atoms with Crippen molar-refractivity contribution in [1.29, 1.82) is 0 Å². The lowest BCUT2D eigenvalue weighted by atomic mass is 10.2. The maximum atomic E-state index is 6.05. The van der Waals surface area contributed by atoms with E-state index in [4.69, 9.17) is 16.3 Å². The van der Waals surface area contributed by atoms with Crippen molar-refractivity contribution in [3.63, 3.8) is 0 Å². The van der Waals surface area contributed by atoms with Crippen molar-refractivity contribution >= 4 is 23.4 Å². The molecule has 4 heteroatoms. The molecule has 0 unspecified atom stereocenters. The Bertz CT molecular complexity index is 560. The molecular formula is C15H16ClNOS. The van der Waals surface area contributed by atoms with E-state index in [2.05, 4.69) is 11.4 Å². The molecular weight excluding hydrogens is 278 g/mol. The van der Waals surface area contributed by atoms with Crippen molar-refractivity contribution in [3.8, 4) is 5.75 Å². The number of nitrogens with one attached hydrogen (secondary N) is 1. The van der Waals surface area contributed by atoms with Crippen molar-refractivity contribution < 1.29 is 4.74 Å². The average Bonchev–Trinajstić information content (AvgIpc) is 2.43. The Kier molecular flexibility index (Phi) is 5.14. The Balaban J connectivity index is 2.32. The van der Waals surface area contributed by atoms with Crippen LogP contribution in [0, 0.1) is 0 Å². The maximum Gasteiger partial charge on any atom is 0.132 e. The van der Waals surface area contributed by atoms with E-state index in [-0.39, 0.29) is 0 Å². The van der Waals surface area contributed by atoms with Crippen LogP contribution in [0.25, 0.3) is 0 Å². The summed E-state index contributed by atoms with van der Waals surface area (Å²) in [6, 6.07) is 14.0. The van der Waals surface area contributed by atoms with Gasteiger partial charge in [-0.05, 0) is 42.9 Å². The highest BCUT2D eigenvalue weighted by atomic mass is 35.5. The summed E-state index contributed by atoms with van der Waals surface area (Å²) in [6.45, 7) is 0.790. The smallest absolute Gasteiger partial charge is 0.132 e. The highest BCUT2D eigenvalue weighted by molar-refractivity contribution is 7.99. The first-order valence-corrected chi connectivity index (χ1v) is 7.18. The van der Waals surface area contributed by atoms with Gasteiger partial charge >= 0.3 is 0 Å². The van der Waals surface area contributed by atoms with Gasteiger partial charge in [-0.1, -0.05) is 35.5 Å². The van der Waals surface area contributed by atoms with E-state index in [0.717, 1.165) is 22.2 Å². The lowest BCUT2D eigenvalue weighted by Gasteiger charge is -2.11. The zero-order valence-electron chi connectivity index (χ0n) is 10.9. The van der Waals surface area contributed by atoms with Gasteiger partial charge in [-0.2, -0.15) is 0 Å². The lowest BCUT2D eigenvalue weighted by Crippen LogP contribution is -2.06. The molecule has 0 atom stereocenters. The number of hydrogen-bond acceptors (Lipinski definition) is 3. The first-order valence-electron chi connectivity index (χ1n) is 5.98. The number of halogens is 1. The van der Waals surface area contributed by atoms with E-state index in [1.807, 2.05) is 43.4 Å². The normalized spacial score (nSPS) is 10.5. The van der Waals surface area contributed by atoms with Crippen LogP contribution < -0.4 is 10.1 Å². The molecule has 0 radical (unpaired) electrons. The molecule has 0 bridgehead atoms. The Morgan fingerprint density at radius 2 is 1.95 bits per heavy atom. The van der Waals surface area contributed by atoms with Gasteiger partial charge in [0.05, 0.1) is 12.0 Å². The second-order valence-corrected chi connectivity index (χ2v) is 5.56. The topological polar surface area (TPSA) is 21.3 Å². The molecule has 0 heterocycles. The summed E-state index contributed by atoms with van der Waals surface area (Å²) in [6.07, 6.45) is 0. The molecule has 0 fully saturated rings. The zero-order chi connectivity index (χ0) is 13.7. The quantitative estimate of drug-likeness (QED) is 0.892. The van der Waals surface area contributed by atoms with Crippen LogP contribution in [0.3, 0.4) is 0 Å². The summed E-state index contributed by atoms with van der Waals surface area (Å²) >= 11 is 7.74. The Labute approximate surface area is 123 Å². The Morgan fingerprint density at radius 3 is 2.68 bits per heavy atom. The molecule has 0 saturated carbocycles. The molecule has 0 spiro atoms. The van der Waals surface area contributed by atoms with Crippen LogP contribution in [0.5, 0.6) is 5.75 Å². The molecule has 2 aromatic rings. The lowest BCUT2D eigenvalue weighted by molar-refractivity contribution is 0.405. The predicted molar refractivity (Wildman–Crippen MR) is 81.3 cm³/mol. The van der Waals surface area contributed by atoms with Crippen molar-refractivity contribution in [1.82, 2.24) is 5.32 Å². The molecule has 0 saturated heterocycles. The van der Waals surface area contributed by atoms with Crippen LogP contribution in [-0.2, 0) is 6.54 Å². The van der Waals surface area contributed by atoms with E-state index < -0.39 is 0 Å². The monoisotopic (exact) mass is 293 g/mol. The van der Waals surface area contributed by atoms with Gasteiger partial charge in [0, 0.05) is 16.5 Å². The van der Waals surface area contributed by atoms with Gasteiger partial charge in [-0.25, -0.2) is 0 Å². The largest absolute Gasteiger partial charge is 0.496 e. The third kappa shape index (κ3) is 3.66. The van der Waals surface area contributed by atoms with Crippen molar-refractivity contribution in [2.24, 2.45) is 0 Å². The van der Waals surface area contributed by atoms with Crippen LogP contribution in [-0.4, -0.2) is 14.2 Å². The van der Waals surface area contributed by atoms with Crippen LogP contribution in [0.1, 0.15) is 5.56 Å². The van der Waals surface area contributed by atoms with Crippen LogP contribution >= 0.6 is 23.4 Å². The minimum atomic E-state index is 0.759. The number of para-hydroxylation sites is 1. The Morgan fingerprint density at radius 1 is 1.16 bits per heavy atom. The molecule has 100 valence electrons. The molecule has 19 heavy (non-hydrogen) atoms. The predicted octanol–water partition coefficient (Wildman–Crippen LogP) is 4.22. The van der Waals surface area contributed by atoms with Gasteiger partial charge in [-0.3, -0.25) is 0 Å². The SMILES string of the molecule is CNCc1cc(Cl)ccc1Sc1ccccc1OC. The summed E-state index contributed by atoms with van der Waals surface area (Å²) < 4.78 is 5.38. The first kappa shape index (κ1) is 14.3. The molecule has 0 aliphatic heterocycles. The zero-order valence-corrected chi connectivity index (χ0v) is 12.5. The third-order valence-corrected chi connectivity index (χ3v) is 4.09. The summed E-state index contributed by atoms with van der Waals surface area (Å²) in [4.78, 5) is 2.29. The number of hydrogen-bond donors (Lipinski definition) is 1. The fourth-order valence-electron chi connectivity index (χ4n) is 1.80. The van der Waals surface area contributed by atoms with Crippen LogP contribution in [0.2, 0.25) is 5.02 Å². The maximum absolute atomic E-state index is 6.05. The summed E-state index contributed by atoms with van der Waals surface area (Å²) in [7, 11) is 3.62. The summed E-state index contributed by atoms with van der Waals surface area (Å²) in [5.74, 6) is 0.887. The van der Waals surface area contributed by atoms with E-state index in [1.165, 1.54) is 10.5 Å². The third-order valence-electron chi connectivity index (χ3n) is 2.68. The molecule has 0 aliphatic rings. The standard InChI is InChI=1S/C15H16ClNOS/c1-17-10-11-9-12(16)7-8-14(11)19-15-6-4-3-5-13(15)18-2/h3-9,17H,10H2,1-2H3. The number of benzene rings is 2. The molecule has 1 N–H and O–H groups in total. The van der Waals surface area contributed by atoms with Crippen molar-refractivity contribution in [3.05, 3.63) is 53.1 Å². The first-order chi connectivity index (χ1) is 9.24. The fraction of sp³-hybridized carbons (Fsp3) is 0.200. The minimum absolute atomic E-state index is 0.759. The number of rotatable bonds is 5. The fourth-order valence-corrected chi connectivity index (χ4v) is 3.03. The summed E-state index contributed by atoms with van der Waals surface area (Å²) in [5.41, 5.74) is 1.19. The van der Waals surface area contributed by atoms with Gasteiger partial charge in [0.15, 0.2) is 0 Å². The molecule has 2 rings (SSSR count).